The number of hydrogen-bond donors (Lipinski definition) is 2. The van der Waals surface area contributed by atoms with Crippen LogP contribution < -0.4 is 5.73 Å². The fraction of sp³-hybridized carbons (Fsp3) is 0.500. The number of hydrogen-bond acceptors (Lipinski definition) is 4. The molecule has 1 aromatic carbocycles. The number of anilines is 1. The molecule has 7 heteroatoms. The zero-order valence-corrected chi connectivity index (χ0v) is 13.5. The number of halogens is 1. The van der Waals surface area contributed by atoms with Gasteiger partial charge in [0.1, 0.15) is 0 Å². The highest BCUT2D eigenvalue weighted by Crippen LogP contribution is 2.28. The van der Waals surface area contributed by atoms with Gasteiger partial charge in [0.15, 0.2) is 0 Å². The van der Waals surface area contributed by atoms with Gasteiger partial charge in [-0.15, -0.1) is 0 Å². The molecule has 0 atom stereocenters. The lowest BCUT2D eigenvalue weighted by Gasteiger charge is -2.21. The van der Waals surface area contributed by atoms with Crippen LogP contribution in [0.25, 0.3) is 0 Å². The zero-order valence-electron chi connectivity index (χ0n) is 11.1. The molecule has 3 N–H and O–H groups in total. The lowest BCUT2D eigenvalue weighted by atomic mass is 10.2. The van der Waals surface area contributed by atoms with Gasteiger partial charge in [0.05, 0.1) is 4.90 Å². The Balaban J connectivity index is 3.22. The number of nitrogens with two attached hydrogens (primary N) is 1. The summed E-state index contributed by atoms with van der Waals surface area (Å²) in [6.45, 7) is 4.12. The van der Waals surface area contributed by atoms with E-state index in [0.717, 1.165) is 0 Å². The molecule has 0 radical (unpaired) electrons. The van der Waals surface area contributed by atoms with Crippen LogP contribution in [0.4, 0.5) is 5.69 Å². The highest BCUT2D eigenvalue weighted by molar-refractivity contribution is 9.10. The molecule has 1 rings (SSSR count). The van der Waals surface area contributed by atoms with Gasteiger partial charge in [-0.05, 0) is 47.0 Å². The molecular formula is C12H19BrN2O3S. The molecule has 1 aromatic rings. The summed E-state index contributed by atoms with van der Waals surface area (Å²) in [5.41, 5.74) is 6.79. The molecule has 0 aliphatic heterocycles. The maximum absolute atomic E-state index is 12.5. The van der Waals surface area contributed by atoms with E-state index in [2.05, 4.69) is 15.9 Å². The van der Waals surface area contributed by atoms with Crippen molar-refractivity contribution in [3.05, 3.63) is 22.2 Å². The van der Waals surface area contributed by atoms with Gasteiger partial charge in [0.25, 0.3) is 0 Å². The number of aryl methyl sites for hydroxylation is 1. The van der Waals surface area contributed by atoms with Gasteiger partial charge in [0, 0.05) is 29.9 Å². The maximum atomic E-state index is 12.5. The average molecular weight is 351 g/mol. The predicted octanol–water partition coefficient (Wildman–Crippen LogP) is 1.73. The molecular weight excluding hydrogens is 332 g/mol. The summed E-state index contributed by atoms with van der Waals surface area (Å²) in [4.78, 5) is 0.216. The highest BCUT2D eigenvalue weighted by Gasteiger charge is 2.25. The molecule has 19 heavy (non-hydrogen) atoms. The van der Waals surface area contributed by atoms with Gasteiger partial charge >= 0.3 is 0 Å². The van der Waals surface area contributed by atoms with Crippen molar-refractivity contribution in [3.63, 3.8) is 0 Å². The van der Waals surface area contributed by atoms with Crippen LogP contribution in [-0.2, 0) is 10.0 Å². The standard InChI is InChI=1S/C12H19BrN2O3S/c1-3-15(5-4-6-16)19(17,18)12-8-11(14)10(13)7-9(12)2/h7-8,16H,3-6,14H2,1-2H3. The summed E-state index contributed by atoms with van der Waals surface area (Å²) in [6, 6.07) is 3.17. The average Bonchev–Trinajstić information content (AvgIpc) is 2.34. The van der Waals surface area contributed by atoms with Gasteiger partial charge in [-0.3, -0.25) is 0 Å². The molecule has 0 saturated carbocycles. The van der Waals surface area contributed by atoms with Crippen molar-refractivity contribution in [1.82, 2.24) is 4.31 Å². The second-order valence-corrected chi connectivity index (χ2v) is 6.97. The first-order valence-electron chi connectivity index (χ1n) is 6.01. The van der Waals surface area contributed by atoms with Gasteiger partial charge < -0.3 is 10.8 Å². The largest absolute Gasteiger partial charge is 0.398 e. The monoisotopic (exact) mass is 350 g/mol. The van der Waals surface area contributed by atoms with Crippen LogP contribution >= 0.6 is 15.9 Å². The fourth-order valence-electron chi connectivity index (χ4n) is 1.78. The van der Waals surface area contributed by atoms with Gasteiger partial charge in [0.2, 0.25) is 10.0 Å². The van der Waals surface area contributed by atoms with Crippen LogP contribution in [0.3, 0.4) is 0 Å². The predicted molar refractivity (Wildman–Crippen MR) is 79.4 cm³/mol. The molecule has 0 spiro atoms. The number of nitrogen functional groups attached to an aromatic ring is 1. The summed E-state index contributed by atoms with van der Waals surface area (Å²) in [5, 5.41) is 8.83. The Labute approximate surface area is 122 Å². The Kier molecular flexibility index (Phi) is 5.79. The molecule has 0 saturated heterocycles. The molecule has 0 aliphatic carbocycles. The molecule has 0 bridgehead atoms. The molecule has 0 fully saturated rings. The first-order valence-corrected chi connectivity index (χ1v) is 8.24. The van der Waals surface area contributed by atoms with Crippen molar-refractivity contribution in [2.45, 2.75) is 25.2 Å². The molecule has 5 nitrogen and oxygen atoms in total. The Hall–Kier alpha value is -0.630. The smallest absolute Gasteiger partial charge is 0.243 e. The van der Waals surface area contributed by atoms with Crippen LogP contribution in [0, 0.1) is 6.92 Å². The van der Waals surface area contributed by atoms with Crippen molar-refractivity contribution in [2.75, 3.05) is 25.4 Å². The topological polar surface area (TPSA) is 83.6 Å². The van der Waals surface area contributed by atoms with E-state index in [0.29, 0.717) is 35.2 Å². The van der Waals surface area contributed by atoms with E-state index < -0.39 is 10.0 Å². The van der Waals surface area contributed by atoms with E-state index >= 15 is 0 Å². The normalized spacial score (nSPS) is 12.1. The summed E-state index contributed by atoms with van der Waals surface area (Å²) in [6.07, 6.45) is 0.415. The number of aliphatic hydroxyl groups excluding tert-OH is 1. The summed E-state index contributed by atoms with van der Waals surface area (Å²) < 4.78 is 27.1. The Morgan fingerprint density at radius 1 is 1.42 bits per heavy atom. The Morgan fingerprint density at radius 2 is 2.05 bits per heavy atom. The number of nitrogens with zero attached hydrogens (tertiary/aromatic N) is 1. The van der Waals surface area contributed by atoms with E-state index in [9.17, 15) is 8.42 Å². The lowest BCUT2D eigenvalue weighted by Crippen LogP contribution is -2.32. The minimum atomic E-state index is -3.57. The summed E-state index contributed by atoms with van der Waals surface area (Å²) in [7, 11) is -3.57. The SMILES string of the molecule is CCN(CCCO)S(=O)(=O)c1cc(N)c(Br)cc1C. The summed E-state index contributed by atoms with van der Waals surface area (Å²) in [5.74, 6) is 0. The molecule has 0 aliphatic rings. The Bertz CT molecular complexity index is 546. The second kappa shape index (κ2) is 6.69. The number of benzene rings is 1. The first kappa shape index (κ1) is 16.4. The first-order chi connectivity index (χ1) is 8.84. The third-order valence-electron chi connectivity index (χ3n) is 2.83. The minimum Gasteiger partial charge on any atom is -0.398 e. The van der Waals surface area contributed by atoms with Crippen LogP contribution in [0.15, 0.2) is 21.5 Å². The second-order valence-electron chi connectivity index (χ2n) is 4.21. The molecule has 0 amide bonds. The molecule has 0 unspecified atom stereocenters. The van der Waals surface area contributed by atoms with E-state index in [4.69, 9.17) is 10.8 Å². The fourth-order valence-corrected chi connectivity index (χ4v) is 3.97. The number of aliphatic hydroxyl groups is 1. The quantitative estimate of drug-likeness (QED) is 0.765. The molecule has 0 aromatic heterocycles. The van der Waals surface area contributed by atoms with Crippen molar-refractivity contribution in [3.8, 4) is 0 Å². The highest BCUT2D eigenvalue weighted by atomic mass is 79.9. The van der Waals surface area contributed by atoms with Gasteiger partial charge in [-0.2, -0.15) is 4.31 Å². The summed E-state index contributed by atoms with van der Waals surface area (Å²) >= 11 is 3.28. The van der Waals surface area contributed by atoms with E-state index in [1.54, 1.807) is 19.9 Å². The minimum absolute atomic E-state index is 0.0342. The molecule has 0 heterocycles. The van der Waals surface area contributed by atoms with Crippen molar-refractivity contribution in [2.24, 2.45) is 0 Å². The third-order valence-corrected chi connectivity index (χ3v) is 5.63. The maximum Gasteiger partial charge on any atom is 0.243 e. The van der Waals surface area contributed by atoms with Gasteiger partial charge in [-0.25, -0.2) is 8.42 Å². The van der Waals surface area contributed by atoms with Crippen LogP contribution in [-0.4, -0.2) is 37.5 Å². The van der Waals surface area contributed by atoms with Gasteiger partial charge in [-0.1, -0.05) is 6.92 Å². The Morgan fingerprint density at radius 3 is 2.58 bits per heavy atom. The zero-order chi connectivity index (χ0) is 14.6. The lowest BCUT2D eigenvalue weighted by molar-refractivity contribution is 0.271. The third kappa shape index (κ3) is 3.68. The number of sulfonamides is 1. The van der Waals surface area contributed by atoms with Crippen molar-refractivity contribution in [1.29, 1.82) is 0 Å². The van der Waals surface area contributed by atoms with E-state index in [-0.39, 0.29) is 11.5 Å². The number of rotatable bonds is 6. The van der Waals surface area contributed by atoms with Crippen LogP contribution in [0.5, 0.6) is 0 Å². The van der Waals surface area contributed by atoms with Crippen LogP contribution in [0.1, 0.15) is 18.9 Å². The van der Waals surface area contributed by atoms with Crippen LogP contribution in [0.2, 0.25) is 0 Å². The molecule has 108 valence electrons. The van der Waals surface area contributed by atoms with Crippen molar-refractivity contribution >= 4 is 31.6 Å². The van der Waals surface area contributed by atoms with E-state index in [1.807, 2.05) is 0 Å². The van der Waals surface area contributed by atoms with E-state index in [1.165, 1.54) is 10.4 Å². The van der Waals surface area contributed by atoms with Crippen molar-refractivity contribution < 1.29 is 13.5 Å².